The highest BCUT2D eigenvalue weighted by molar-refractivity contribution is 6.30. The second kappa shape index (κ2) is 8.52. The third-order valence-corrected chi connectivity index (χ3v) is 2.71. The summed E-state index contributed by atoms with van der Waals surface area (Å²) < 4.78 is 4.85. The van der Waals surface area contributed by atoms with E-state index < -0.39 is 12.5 Å². The van der Waals surface area contributed by atoms with E-state index in [0.29, 0.717) is 23.9 Å². The minimum Gasteiger partial charge on any atom is -0.480 e. The molecule has 1 aromatic rings. The van der Waals surface area contributed by atoms with E-state index in [1.807, 2.05) is 0 Å². The molecule has 0 saturated carbocycles. The first-order chi connectivity index (χ1) is 9.54. The Bertz CT molecular complexity index is 467. The number of halogens is 1. The van der Waals surface area contributed by atoms with Crippen LogP contribution in [0.3, 0.4) is 0 Å². The third-order valence-electron chi connectivity index (χ3n) is 2.47. The number of rotatable bonds is 8. The van der Waals surface area contributed by atoms with Crippen LogP contribution in [-0.4, -0.2) is 50.3 Å². The van der Waals surface area contributed by atoms with Gasteiger partial charge in [-0.05, 0) is 18.2 Å². The summed E-state index contributed by atoms with van der Waals surface area (Å²) in [5.74, 6) is -1.43. The molecule has 0 atom stereocenters. The van der Waals surface area contributed by atoms with Crippen LogP contribution >= 0.6 is 11.6 Å². The average Bonchev–Trinajstić information content (AvgIpc) is 2.40. The lowest BCUT2D eigenvalue weighted by molar-refractivity contribution is -0.136. The molecule has 0 aliphatic rings. The van der Waals surface area contributed by atoms with Crippen LogP contribution in [0.1, 0.15) is 0 Å². The van der Waals surface area contributed by atoms with Gasteiger partial charge in [-0.3, -0.25) is 9.59 Å². The molecule has 0 spiro atoms. The lowest BCUT2D eigenvalue weighted by atomic mass is 10.2. The van der Waals surface area contributed by atoms with Crippen molar-refractivity contribution in [3.63, 3.8) is 0 Å². The zero-order valence-corrected chi connectivity index (χ0v) is 11.9. The van der Waals surface area contributed by atoms with Crippen molar-refractivity contribution in [3.8, 4) is 0 Å². The lowest BCUT2D eigenvalue weighted by Gasteiger charge is -2.21. The number of carboxylic acid groups (broad SMARTS) is 1. The van der Waals surface area contributed by atoms with Gasteiger partial charge in [-0.1, -0.05) is 17.7 Å². The van der Waals surface area contributed by atoms with Gasteiger partial charge in [0.25, 0.3) is 0 Å². The van der Waals surface area contributed by atoms with Gasteiger partial charge >= 0.3 is 5.97 Å². The molecule has 0 heterocycles. The first kappa shape index (κ1) is 16.4. The molecule has 0 saturated heterocycles. The van der Waals surface area contributed by atoms with E-state index in [0.717, 1.165) is 0 Å². The van der Waals surface area contributed by atoms with E-state index in [1.165, 1.54) is 4.90 Å². The van der Waals surface area contributed by atoms with E-state index >= 15 is 0 Å². The molecule has 0 aliphatic heterocycles. The Labute approximate surface area is 122 Å². The molecular formula is C13H17ClN2O4. The molecule has 0 bridgehead atoms. The zero-order valence-electron chi connectivity index (χ0n) is 11.1. The largest absolute Gasteiger partial charge is 0.480 e. The molecule has 0 aromatic heterocycles. The van der Waals surface area contributed by atoms with Crippen molar-refractivity contribution in [1.29, 1.82) is 0 Å². The molecule has 2 N–H and O–H groups in total. The summed E-state index contributed by atoms with van der Waals surface area (Å²) in [4.78, 5) is 24.1. The van der Waals surface area contributed by atoms with Crippen molar-refractivity contribution >= 4 is 29.2 Å². The SMILES string of the molecule is COCCNCC(=O)N(CC(=O)O)c1cccc(Cl)c1. The highest BCUT2D eigenvalue weighted by Crippen LogP contribution is 2.19. The zero-order chi connectivity index (χ0) is 15.0. The Morgan fingerprint density at radius 3 is 2.80 bits per heavy atom. The number of carboxylic acids is 1. The van der Waals surface area contributed by atoms with Gasteiger partial charge in [-0.2, -0.15) is 0 Å². The van der Waals surface area contributed by atoms with Gasteiger partial charge < -0.3 is 20.1 Å². The standard InChI is InChI=1S/C13H17ClN2O4/c1-20-6-5-15-8-12(17)16(9-13(18)19)11-4-2-3-10(14)7-11/h2-4,7,15H,5-6,8-9H2,1H3,(H,18,19). The number of aliphatic carboxylic acids is 1. The predicted molar refractivity (Wildman–Crippen MR) is 76.2 cm³/mol. The Hall–Kier alpha value is -1.63. The Morgan fingerprint density at radius 1 is 1.45 bits per heavy atom. The second-order valence-corrected chi connectivity index (χ2v) is 4.46. The fourth-order valence-electron chi connectivity index (χ4n) is 1.57. The number of benzene rings is 1. The number of hydrogen-bond donors (Lipinski definition) is 2. The van der Waals surface area contributed by atoms with Gasteiger partial charge in [0.15, 0.2) is 0 Å². The smallest absolute Gasteiger partial charge is 0.323 e. The monoisotopic (exact) mass is 300 g/mol. The maximum Gasteiger partial charge on any atom is 0.323 e. The topological polar surface area (TPSA) is 78.9 Å². The maximum absolute atomic E-state index is 12.1. The summed E-state index contributed by atoms with van der Waals surface area (Å²) in [7, 11) is 1.56. The first-order valence-electron chi connectivity index (χ1n) is 6.02. The highest BCUT2D eigenvalue weighted by Gasteiger charge is 2.18. The molecule has 0 fully saturated rings. The van der Waals surface area contributed by atoms with Crippen LogP contribution in [0.15, 0.2) is 24.3 Å². The van der Waals surface area contributed by atoms with E-state index in [1.54, 1.807) is 31.4 Å². The summed E-state index contributed by atoms with van der Waals surface area (Å²) >= 11 is 5.86. The van der Waals surface area contributed by atoms with E-state index in [4.69, 9.17) is 21.4 Å². The molecule has 20 heavy (non-hydrogen) atoms. The summed E-state index contributed by atoms with van der Waals surface area (Å²) in [6, 6.07) is 6.52. The van der Waals surface area contributed by atoms with Gasteiger partial charge in [0.1, 0.15) is 6.54 Å². The molecule has 0 radical (unpaired) electrons. The fraction of sp³-hybridized carbons (Fsp3) is 0.385. The molecule has 1 aromatic carbocycles. The van der Waals surface area contributed by atoms with Crippen molar-refractivity contribution in [3.05, 3.63) is 29.3 Å². The molecule has 6 nitrogen and oxygen atoms in total. The third kappa shape index (κ3) is 5.56. The second-order valence-electron chi connectivity index (χ2n) is 4.02. The minimum atomic E-state index is -1.09. The summed E-state index contributed by atoms with van der Waals surface area (Å²) in [5.41, 5.74) is 0.457. The molecule has 7 heteroatoms. The highest BCUT2D eigenvalue weighted by atomic mass is 35.5. The minimum absolute atomic E-state index is 0.0309. The van der Waals surface area contributed by atoms with Crippen LogP contribution < -0.4 is 10.2 Å². The van der Waals surface area contributed by atoms with E-state index in [-0.39, 0.29) is 12.5 Å². The number of hydrogen-bond acceptors (Lipinski definition) is 4. The fourth-order valence-corrected chi connectivity index (χ4v) is 1.75. The number of anilines is 1. The summed E-state index contributed by atoms with van der Waals surface area (Å²) in [5, 5.41) is 12.2. The number of ether oxygens (including phenoxy) is 1. The van der Waals surface area contributed by atoms with Gasteiger partial charge in [0.05, 0.1) is 13.2 Å². The number of carbonyl (C=O) groups excluding carboxylic acids is 1. The molecule has 1 rings (SSSR count). The summed E-state index contributed by atoms with van der Waals surface area (Å²) in [6.45, 7) is 0.607. The quantitative estimate of drug-likeness (QED) is 0.700. The molecule has 1 amide bonds. The van der Waals surface area contributed by atoms with Crippen molar-refractivity contribution in [1.82, 2.24) is 5.32 Å². The Kier molecular flexibility index (Phi) is 7.00. The number of amides is 1. The number of carbonyl (C=O) groups is 2. The average molecular weight is 301 g/mol. The van der Waals surface area contributed by atoms with Gasteiger partial charge in [-0.25, -0.2) is 0 Å². The van der Waals surface area contributed by atoms with Crippen LogP contribution in [0, 0.1) is 0 Å². The van der Waals surface area contributed by atoms with Crippen molar-refractivity contribution in [2.24, 2.45) is 0 Å². The first-order valence-corrected chi connectivity index (χ1v) is 6.39. The number of nitrogens with one attached hydrogen (secondary N) is 1. The van der Waals surface area contributed by atoms with Crippen LogP contribution in [0.2, 0.25) is 5.02 Å². The van der Waals surface area contributed by atoms with Crippen LogP contribution in [-0.2, 0) is 14.3 Å². The molecular weight excluding hydrogens is 284 g/mol. The predicted octanol–water partition coefficient (Wildman–Crippen LogP) is 0.994. The van der Waals surface area contributed by atoms with Gasteiger partial charge in [0.2, 0.25) is 5.91 Å². The Balaban J connectivity index is 2.73. The van der Waals surface area contributed by atoms with Crippen molar-refractivity contribution in [2.75, 3.05) is 38.3 Å². The van der Waals surface area contributed by atoms with Gasteiger partial charge in [0, 0.05) is 24.4 Å². The van der Waals surface area contributed by atoms with Gasteiger partial charge in [-0.15, -0.1) is 0 Å². The number of methoxy groups -OCH3 is 1. The van der Waals surface area contributed by atoms with Crippen LogP contribution in [0.4, 0.5) is 5.69 Å². The molecule has 110 valence electrons. The molecule has 0 aliphatic carbocycles. The summed E-state index contributed by atoms with van der Waals surface area (Å²) in [6.07, 6.45) is 0. The van der Waals surface area contributed by atoms with Crippen LogP contribution in [0.5, 0.6) is 0 Å². The van der Waals surface area contributed by atoms with Crippen molar-refractivity contribution in [2.45, 2.75) is 0 Å². The van der Waals surface area contributed by atoms with Crippen molar-refractivity contribution < 1.29 is 19.4 Å². The Morgan fingerprint density at radius 2 is 2.20 bits per heavy atom. The molecule has 0 unspecified atom stereocenters. The lowest BCUT2D eigenvalue weighted by Crippen LogP contribution is -2.41. The van der Waals surface area contributed by atoms with E-state index in [2.05, 4.69) is 5.32 Å². The normalized spacial score (nSPS) is 10.3. The van der Waals surface area contributed by atoms with E-state index in [9.17, 15) is 9.59 Å². The van der Waals surface area contributed by atoms with Crippen LogP contribution in [0.25, 0.3) is 0 Å². The number of nitrogens with zero attached hydrogens (tertiary/aromatic N) is 1. The maximum atomic E-state index is 12.1.